The number of benzene rings is 2. The van der Waals surface area contributed by atoms with E-state index in [0.717, 1.165) is 6.26 Å². The Morgan fingerprint density at radius 3 is 2.13 bits per heavy atom. The third kappa shape index (κ3) is 4.93. The molecule has 2 aromatic carbocycles. The van der Waals surface area contributed by atoms with Crippen molar-refractivity contribution in [2.75, 3.05) is 13.4 Å². The molecule has 0 bridgehead atoms. The molecule has 0 spiro atoms. The highest BCUT2D eigenvalue weighted by Crippen LogP contribution is 2.11. The summed E-state index contributed by atoms with van der Waals surface area (Å²) in [6.45, 7) is 0. The number of carbonyl (C=O) groups excluding carboxylic acids is 1. The normalized spacial score (nSPS) is 11.8. The molecule has 0 unspecified atom stereocenters. The van der Waals surface area contributed by atoms with Gasteiger partial charge in [-0.05, 0) is 24.3 Å². The number of nitrogens with one attached hydrogen (secondary N) is 1. The molecule has 0 aliphatic rings. The van der Waals surface area contributed by atoms with Crippen LogP contribution in [0, 0.1) is 0 Å². The van der Waals surface area contributed by atoms with Crippen LogP contribution < -0.4 is 10.1 Å². The summed E-state index contributed by atoms with van der Waals surface area (Å²) in [5.74, 6) is 0.141. The number of rotatable bonds is 4. The summed E-state index contributed by atoms with van der Waals surface area (Å²) in [5, 5.41) is 2.53. The Morgan fingerprint density at radius 1 is 1.00 bits per heavy atom. The van der Waals surface area contributed by atoms with Gasteiger partial charge >= 0.3 is 0 Å². The van der Waals surface area contributed by atoms with Gasteiger partial charge in [0, 0.05) is 11.1 Å². The van der Waals surface area contributed by atoms with Gasteiger partial charge in [0.1, 0.15) is 5.75 Å². The van der Waals surface area contributed by atoms with Crippen LogP contribution in [-0.2, 0) is 10.0 Å². The van der Waals surface area contributed by atoms with Gasteiger partial charge in [-0.1, -0.05) is 30.3 Å². The Kier molecular flexibility index (Phi) is 5.13. The van der Waals surface area contributed by atoms with E-state index in [2.05, 4.69) is 9.71 Å². The zero-order valence-electron chi connectivity index (χ0n) is 12.7. The van der Waals surface area contributed by atoms with Crippen molar-refractivity contribution in [2.24, 2.45) is 4.40 Å². The van der Waals surface area contributed by atoms with E-state index in [1.807, 2.05) is 0 Å². The molecule has 0 aliphatic heterocycles. The highest BCUT2D eigenvalue weighted by atomic mass is 32.2. The Labute approximate surface area is 134 Å². The number of amides is 1. The number of methoxy groups -OCH3 is 1. The van der Waals surface area contributed by atoms with Crippen LogP contribution in [0.5, 0.6) is 5.75 Å². The zero-order chi connectivity index (χ0) is 16.9. The van der Waals surface area contributed by atoms with Crippen molar-refractivity contribution in [1.29, 1.82) is 0 Å². The first-order valence-electron chi connectivity index (χ1n) is 6.70. The molecule has 120 valence electrons. The summed E-state index contributed by atoms with van der Waals surface area (Å²) in [6, 6.07) is 15.0. The first-order valence-corrected chi connectivity index (χ1v) is 8.54. The minimum atomic E-state index is -3.66. The number of nitrogens with zero attached hydrogens (tertiary/aromatic N) is 1. The lowest BCUT2D eigenvalue weighted by atomic mass is 10.1. The molecule has 2 aromatic rings. The Hall–Kier alpha value is -2.67. The van der Waals surface area contributed by atoms with Gasteiger partial charge in [0.15, 0.2) is 5.84 Å². The lowest BCUT2D eigenvalue weighted by Gasteiger charge is -2.09. The molecule has 6 nitrogen and oxygen atoms in total. The topological polar surface area (TPSA) is 84.8 Å². The fourth-order valence-corrected chi connectivity index (χ4v) is 2.31. The van der Waals surface area contributed by atoms with Crippen LogP contribution in [0.3, 0.4) is 0 Å². The number of ether oxygens (including phenoxy) is 1. The van der Waals surface area contributed by atoms with Gasteiger partial charge in [0.05, 0.1) is 13.4 Å². The van der Waals surface area contributed by atoms with Crippen LogP contribution in [0.25, 0.3) is 0 Å². The molecule has 1 N–H and O–H groups in total. The fourth-order valence-electron chi connectivity index (χ4n) is 1.83. The van der Waals surface area contributed by atoms with Crippen LogP contribution in [0.15, 0.2) is 59.0 Å². The van der Waals surface area contributed by atoms with Crippen LogP contribution in [0.1, 0.15) is 15.9 Å². The van der Waals surface area contributed by atoms with Crippen molar-refractivity contribution in [3.8, 4) is 5.75 Å². The lowest BCUT2D eigenvalue weighted by Crippen LogP contribution is -2.32. The first-order chi connectivity index (χ1) is 10.9. The van der Waals surface area contributed by atoms with Gasteiger partial charge in [-0.25, -0.2) is 8.42 Å². The van der Waals surface area contributed by atoms with E-state index >= 15 is 0 Å². The molecular formula is C16H16N2O4S. The number of carbonyl (C=O) groups is 1. The van der Waals surface area contributed by atoms with Gasteiger partial charge in [-0.2, -0.15) is 0 Å². The fraction of sp³-hybridized carbons (Fsp3) is 0.125. The predicted octanol–water partition coefficient (Wildman–Crippen LogP) is 1.83. The van der Waals surface area contributed by atoms with Crippen LogP contribution in [0.4, 0.5) is 0 Å². The minimum absolute atomic E-state index is 0.0195. The van der Waals surface area contributed by atoms with Crippen molar-refractivity contribution in [2.45, 2.75) is 0 Å². The molecule has 0 aromatic heterocycles. The van der Waals surface area contributed by atoms with E-state index in [1.54, 1.807) is 54.6 Å². The number of hydrogen-bond acceptors (Lipinski definition) is 4. The van der Waals surface area contributed by atoms with E-state index in [4.69, 9.17) is 4.74 Å². The Balaban J connectivity index is 2.30. The molecule has 23 heavy (non-hydrogen) atoms. The van der Waals surface area contributed by atoms with Crippen LogP contribution in [-0.4, -0.2) is 33.5 Å². The maximum Gasteiger partial charge on any atom is 0.256 e. The first kappa shape index (κ1) is 16.7. The second-order valence-corrected chi connectivity index (χ2v) is 6.37. The van der Waals surface area contributed by atoms with Gasteiger partial charge < -0.3 is 10.1 Å². The molecule has 7 heteroatoms. The SMILES string of the molecule is COc1ccc(C(=O)N/C(=N\S(C)(=O)=O)c2ccccc2)cc1. The zero-order valence-corrected chi connectivity index (χ0v) is 13.5. The quantitative estimate of drug-likeness (QED) is 0.684. The summed E-state index contributed by atoms with van der Waals surface area (Å²) in [4.78, 5) is 12.3. The average Bonchev–Trinajstić information content (AvgIpc) is 2.54. The molecule has 0 aliphatic carbocycles. The Bertz CT molecular complexity index is 813. The molecule has 0 heterocycles. The monoisotopic (exact) mass is 332 g/mol. The summed E-state index contributed by atoms with van der Waals surface area (Å²) >= 11 is 0. The van der Waals surface area contributed by atoms with Gasteiger partial charge in [0.25, 0.3) is 15.9 Å². The maximum absolute atomic E-state index is 12.3. The molecule has 0 radical (unpaired) electrons. The maximum atomic E-state index is 12.3. The summed E-state index contributed by atoms with van der Waals surface area (Å²) < 4.78 is 31.6. The van der Waals surface area contributed by atoms with Gasteiger partial charge in [-0.15, -0.1) is 4.40 Å². The largest absolute Gasteiger partial charge is 0.497 e. The van der Waals surface area contributed by atoms with Crippen molar-refractivity contribution in [3.63, 3.8) is 0 Å². The second-order valence-electron chi connectivity index (χ2n) is 4.72. The van der Waals surface area contributed by atoms with Gasteiger partial charge in [0.2, 0.25) is 0 Å². The smallest absolute Gasteiger partial charge is 0.256 e. The highest BCUT2D eigenvalue weighted by Gasteiger charge is 2.13. The van der Waals surface area contributed by atoms with Crippen molar-refractivity contribution < 1.29 is 17.9 Å². The second kappa shape index (κ2) is 7.06. The molecule has 0 saturated carbocycles. The lowest BCUT2D eigenvalue weighted by molar-refractivity contribution is 0.0977. The van der Waals surface area contributed by atoms with Crippen molar-refractivity contribution in [3.05, 3.63) is 65.7 Å². The van der Waals surface area contributed by atoms with Gasteiger partial charge in [-0.3, -0.25) is 4.79 Å². The molecular weight excluding hydrogens is 316 g/mol. The predicted molar refractivity (Wildman–Crippen MR) is 88.3 cm³/mol. The van der Waals surface area contributed by atoms with Crippen molar-refractivity contribution in [1.82, 2.24) is 5.32 Å². The third-order valence-corrected chi connectivity index (χ3v) is 3.40. The average molecular weight is 332 g/mol. The summed E-state index contributed by atoms with van der Waals surface area (Å²) in [7, 11) is -2.13. The van der Waals surface area contributed by atoms with E-state index in [-0.39, 0.29) is 5.84 Å². The summed E-state index contributed by atoms with van der Waals surface area (Å²) in [5.41, 5.74) is 0.864. The molecule has 0 fully saturated rings. The van der Waals surface area contributed by atoms with E-state index in [9.17, 15) is 13.2 Å². The number of amidine groups is 1. The molecule has 0 atom stereocenters. The summed E-state index contributed by atoms with van der Waals surface area (Å²) in [6.07, 6.45) is 0.968. The van der Waals surface area contributed by atoms with Crippen molar-refractivity contribution >= 4 is 21.8 Å². The van der Waals surface area contributed by atoms with E-state index in [1.165, 1.54) is 7.11 Å². The number of sulfonamides is 1. The van der Waals surface area contributed by atoms with Crippen LogP contribution in [0.2, 0.25) is 0 Å². The number of hydrogen-bond donors (Lipinski definition) is 1. The van der Waals surface area contributed by atoms with E-state index in [0.29, 0.717) is 16.9 Å². The standard InChI is InChI=1S/C16H16N2O4S/c1-22-14-10-8-13(9-11-14)16(19)17-15(18-23(2,20)21)12-6-4-3-5-7-12/h3-11H,1-2H3,(H,17,18,19). The highest BCUT2D eigenvalue weighted by molar-refractivity contribution is 7.89. The third-order valence-electron chi connectivity index (χ3n) is 2.89. The Morgan fingerprint density at radius 2 is 1.61 bits per heavy atom. The molecule has 1 amide bonds. The minimum Gasteiger partial charge on any atom is -0.497 e. The van der Waals surface area contributed by atoms with E-state index < -0.39 is 15.9 Å². The molecule has 0 saturated heterocycles. The molecule has 2 rings (SSSR count). The van der Waals surface area contributed by atoms with Crippen LogP contribution >= 0.6 is 0 Å².